The van der Waals surface area contributed by atoms with Crippen molar-refractivity contribution in [1.29, 1.82) is 0 Å². The number of benzene rings is 1. The zero-order valence-corrected chi connectivity index (χ0v) is 14.7. The smallest absolute Gasteiger partial charge is 0.354 e. The molecule has 2 aliphatic rings. The minimum absolute atomic E-state index is 0.0145. The normalized spacial score (nSPS) is 25.2. The molecule has 2 saturated heterocycles. The summed E-state index contributed by atoms with van der Waals surface area (Å²) in [6.45, 7) is 2.48. The van der Waals surface area contributed by atoms with Gasteiger partial charge in [0.2, 0.25) is 5.91 Å². The van der Waals surface area contributed by atoms with Crippen LogP contribution in [0.1, 0.15) is 42.4 Å². The van der Waals surface area contributed by atoms with Crippen LogP contribution in [0.25, 0.3) is 11.3 Å². The molecular weight excluding hydrogens is 357 g/mol. The number of hydrogen-bond acceptors (Lipinski definition) is 4. The Balaban J connectivity index is 1.62. The van der Waals surface area contributed by atoms with Crippen LogP contribution >= 0.6 is 0 Å². The Bertz CT molecular complexity index is 882. The first kappa shape index (κ1) is 17.9. The van der Waals surface area contributed by atoms with Crippen molar-refractivity contribution in [3.63, 3.8) is 0 Å². The van der Waals surface area contributed by atoms with Crippen LogP contribution in [0.15, 0.2) is 30.3 Å². The Morgan fingerprint density at radius 1 is 1.15 bits per heavy atom. The summed E-state index contributed by atoms with van der Waals surface area (Å²) in [7, 11) is 0. The van der Waals surface area contributed by atoms with E-state index in [4.69, 9.17) is 0 Å². The van der Waals surface area contributed by atoms with Crippen LogP contribution in [0.5, 0.6) is 0 Å². The minimum Gasteiger partial charge on any atom is -0.354 e. The van der Waals surface area contributed by atoms with Gasteiger partial charge in [0.25, 0.3) is 0 Å². The van der Waals surface area contributed by atoms with E-state index in [9.17, 15) is 18.0 Å². The minimum atomic E-state index is -4.37. The lowest BCUT2D eigenvalue weighted by Crippen LogP contribution is -2.47. The average molecular weight is 376 g/mol. The van der Waals surface area contributed by atoms with Gasteiger partial charge < -0.3 is 5.32 Å². The lowest BCUT2D eigenvalue weighted by atomic mass is 9.96. The van der Waals surface area contributed by atoms with Gasteiger partial charge in [-0.2, -0.15) is 13.2 Å². The van der Waals surface area contributed by atoms with Crippen LogP contribution in [-0.4, -0.2) is 28.0 Å². The van der Waals surface area contributed by atoms with Gasteiger partial charge in [0, 0.05) is 17.8 Å². The van der Waals surface area contributed by atoms with Gasteiger partial charge in [0.15, 0.2) is 0 Å². The van der Waals surface area contributed by atoms with Crippen molar-refractivity contribution >= 4 is 5.91 Å². The zero-order valence-electron chi connectivity index (χ0n) is 14.7. The van der Waals surface area contributed by atoms with Crippen molar-refractivity contribution < 1.29 is 18.0 Å². The number of nitrogens with zero attached hydrogens (tertiary/aromatic N) is 2. The van der Waals surface area contributed by atoms with Crippen LogP contribution < -0.4 is 10.6 Å². The fourth-order valence-corrected chi connectivity index (χ4v) is 3.84. The highest BCUT2D eigenvalue weighted by Crippen LogP contribution is 2.36. The van der Waals surface area contributed by atoms with E-state index in [1.807, 2.05) is 6.92 Å². The SMILES string of the molecule is Cc1cc(-c2ccc(C(F)(F)F)cc2)nc([C@H]2CCC3(CCNC3=O)N2)n1. The Labute approximate surface area is 154 Å². The number of amides is 1. The van der Waals surface area contributed by atoms with Crippen LogP contribution in [0, 0.1) is 6.92 Å². The lowest BCUT2D eigenvalue weighted by Gasteiger charge is -2.21. The lowest BCUT2D eigenvalue weighted by molar-refractivity contribution is -0.137. The number of halogens is 3. The summed E-state index contributed by atoms with van der Waals surface area (Å²) in [4.78, 5) is 21.2. The Morgan fingerprint density at radius 3 is 2.52 bits per heavy atom. The first-order valence-electron chi connectivity index (χ1n) is 8.86. The van der Waals surface area contributed by atoms with Crippen LogP contribution in [0.2, 0.25) is 0 Å². The molecule has 2 aromatic rings. The first-order valence-corrected chi connectivity index (χ1v) is 8.86. The van der Waals surface area contributed by atoms with Gasteiger partial charge in [-0.1, -0.05) is 12.1 Å². The van der Waals surface area contributed by atoms with E-state index in [-0.39, 0.29) is 11.9 Å². The molecule has 1 amide bonds. The largest absolute Gasteiger partial charge is 0.416 e. The number of hydrogen-bond donors (Lipinski definition) is 2. The number of aromatic nitrogens is 2. The second-order valence-electron chi connectivity index (χ2n) is 7.15. The third-order valence-corrected chi connectivity index (χ3v) is 5.27. The van der Waals surface area contributed by atoms with E-state index >= 15 is 0 Å². The maximum Gasteiger partial charge on any atom is 0.416 e. The third kappa shape index (κ3) is 3.29. The predicted octanol–water partition coefficient (Wildman–Crippen LogP) is 3.15. The number of carbonyl (C=O) groups excluding carboxylic acids is 1. The summed E-state index contributed by atoms with van der Waals surface area (Å²) in [5, 5.41) is 6.24. The molecule has 1 unspecified atom stereocenters. The summed E-state index contributed by atoms with van der Waals surface area (Å²) in [5.41, 5.74) is 0.662. The van der Waals surface area contributed by atoms with E-state index in [1.54, 1.807) is 6.07 Å². The molecule has 8 heteroatoms. The first-order chi connectivity index (χ1) is 12.8. The summed E-state index contributed by atoms with van der Waals surface area (Å²) >= 11 is 0. The maximum absolute atomic E-state index is 12.8. The summed E-state index contributed by atoms with van der Waals surface area (Å²) in [6, 6.07) is 6.54. The number of alkyl halides is 3. The van der Waals surface area contributed by atoms with Crippen LogP contribution in [0.3, 0.4) is 0 Å². The molecule has 1 spiro atoms. The van der Waals surface area contributed by atoms with Crippen molar-refractivity contribution in [1.82, 2.24) is 20.6 Å². The number of nitrogens with one attached hydrogen (secondary N) is 2. The van der Waals surface area contributed by atoms with Gasteiger partial charge in [-0.25, -0.2) is 9.97 Å². The number of carbonyl (C=O) groups is 1. The molecule has 27 heavy (non-hydrogen) atoms. The van der Waals surface area contributed by atoms with Crippen molar-refractivity contribution in [2.24, 2.45) is 0 Å². The second-order valence-corrected chi connectivity index (χ2v) is 7.15. The van der Waals surface area contributed by atoms with Crippen molar-refractivity contribution in [3.05, 3.63) is 47.4 Å². The molecule has 2 aliphatic heterocycles. The molecule has 2 fully saturated rings. The van der Waals surface area contributed by atoms with Gasteiger partial charge in [0.05, 0.1) is 17.3 Å². The molecule has 0 saturated carbocycles. The Hall–Kier alpha value is -2.48. The van der Waals surface area contributed by atoms with Crippen molar-refractivity contribution in [2.75, 3.05) is 6.54 Å². The summed E-state index contributed by atoms with van der Waals surface area (Å²) in [6.07, 6.45) is -2.17. The summed E-state index contributed by atoms with van der Waals surface area (Å²) < 4.78 is 38.3. The Kier molecular flexibility index (Phi) is 4.18. The summed E-state index contributed by atoms with van der Waals surface area (Å²) in [5.74, 6) is 0.585. The molecule has 0 bridgehead atoms. The van der Waals surface area contributed by atoms with Crippen LogP contribution in [-0.2, 0) is 11.0 Å². The monoisotopic (exact) mass is 376 g/mol. The van der Waals surface area contributed by atoms with Gasteiger partial charge >= 0.3 is 6.18 Å². The third-order valence-electron chi connectivity index (χ3n) is 5.27. The Morgan fingerprint density at radius 2 is 1.89 bits per heavy atom. The molecular formula is C19H19F3N4O. The van der Waals surface area contributed by atoms with E-state index in [0.29, 0.717) is 23.6 Å². The molecule has 0 radical (unpaired) electrons. The van der Waals surface area contributed by atoms with Gasteiger partial charge in [0.1, 0.15) is 11.4 Å². The quantitative estimate of drug-likeness (QED) is 0.845. The molecule has 5 nitrogen and oxygen atoms in total. The zero-order chi connectivity index (χ0) is 19.2. The molecule has 2 N–H and O–H groups in total. The highest BCUT2D eigenvalue weighted by Gasteiger charge is 2.48. The standard InChI is InChI=1S/C19H19F3N4O/c1-11-10-15(12-2-4-13(5-3-12)19(20,21)22)25-16(24-11)14-6-7-18(26-14)8-9-23-17(18)27/h2-5,10,14,26H,6-9H2,1H3,(H,23,27)/t14-,18?/m1/s1. The number of rotatable bonds is 2. The fraction of sp³-hybridized carbons (Fsp3) is 0.421. The van der Waals surface area contributed by atoms with E-state index in [2.05, 4.69) is 20.6 Å². The van der Waals surface area contributed by atoms with E-state index in [0.717, 1.165) is 37.1 Å². The second kappa shape index (κ2) is 6.30. The molecule has 3 heterocycles. The van der Waals surface area contributed by atoms with Gasteiger partial charge in [-0.3, -0.25) is 10.1 Å². The molecule has 1 aromatic heterocycles. The predicted molar refractivity (Wildman–Crippen MR) is 92.7 cm³/mol. The van der Waals surface area contributed by atoms with E-state index in [1.165, 1.54) is 12.1 Å². The highest BCUT2D eigenvalue weighted by atomic mass is 19.4. The molecule has 1 aromatic carbocycles. The van der Waals surface area contributed by atoms with Crippen LogP contribution in [0.4, 0.5) is 13.2 Å². The molecule has 142 valence electrons. The van der Waals surface area contributed by atoms with Gasteiger partial charge in [-0.05, 0) is 44.4 Å². The number of aryl methyl sites for hydroxylation is 1. The maximum atomic E-state index is 12.8. The fourth-order valence-electron chi connectivity index (χ4n) is 3.84. The van der Waals surface area contributed by atoms with E-state index < -0.39 is 17.3 Å². The van der Waals surface area contributed by atoms with Gasteiger partial charge in [-0.15, -0.1) is 0 Å². The van der Waals surface area contributed by atoms with Crippen molar-refractivity contribution in [3.8, 4) is 11.3 Å². The van der Waals surface area contributed by atoms with Crippen molar-refractivity contribution in [2.45, 2.75) is 43.9 Å². The topological polar surface area (TPSA) is 66.9 Å². The molecule has 2 atom stereocenters. The molecule has 0 aliphatic carbocycles. The highest BCUT2D eigenvalue weighted by molar-refractivity contribution is 5.88. The molecule has 4 rings (SSSR count). The average Bonchev–Trinajstić information content (AvgIpc) is 3.21.